The Balaban J connectivity index is 2.70. The molecule has 0 spiro atoms. The fraction of sp³-hybridized carbons (Fsp3) is 1.00. The largest absolute Gasteiger partial charge is 0.393 e. The van der Waals surface area contributed by atoms with Crippen molar-refractivity contribution in [3.63, 3.8) is 0 Å². The van der Waals surface area contributed by atoms with E-state index in [0.717, 1.165) is 0 Å². The van der Waals surface area contributed by atoms with E-state index in [4.69, 9.17) is 9.84 Å². The van der Waals surface area contributed by atoms with Crippen LogP contribution in [0.25, 0.3) is 0 Å². The van der Waals surface area contributed by atoms with Crippen molar-refractivity contribution in [1.29, 1.82) is 0 Å². The lowest BCUT2D eigenvalue weighted by molar-refractivity contribution is -0.157. The van der Waals surface area contributed by atoms with Gasteiger partial charge in [-0.05, 0) is 26.2 Å². The van der Waals surface area contributed by atoms with Crippen LogP contribution in [0.2, 0.25) is 0 Å². The third kappa shape index (κ3) is 1.99. The molecule has 0 saturated heterocycles. The van der Waals surface area contributed by atoms with Gasteiger partial charge in [-0.15, -0.1) is 0 Å². The van der Waals surface area contributed by atoms with E-state index >= 15 is 0 Å². The fourth-order valence-electron chi connectivity index (χ4n) is 1.86. The van der Waals surface area contributed by atoms with Crippen LogP contribution < -0.4 is 0 Å². The molecule has 0 heterocycles. The van der Waals surface area contributed by atoms with Crippen LogP contribution in [0.5, 0.6) is 0 Å². The molecule has 4 heteroatoms. The SMILES string of the molecule is CCOC1(CO)CCC[C@H](F)[C@H]1F. The molecule has 1 aliphatic rings. The van der Waals surface area contributed by atoms with Gasteiger partial charge in [0.1, 0.15) is 11.8 Å². The van der Waals surface area contributed by atoms with E-state index in [1.807, 2.05) is 0 Å². The van der Waals surface area contributed by atoms with E-state index in [2.05, 4.69) is 0 Å². The molecule has 1 aliphatic carbocycles. The maximum atomic E-state index is 13.4. The summed E-state index contributed by atoms with van der Waals surface area (Å²) < 4.78 is 31.6. The molecule has 0 aliphatic heterocycles. The standard InChI is InChI=1S/C9H16F2O2/c1-2-13-9(6-12)5-3-4-7(10)8(9)11/h7-8,12H,2-6H2,1H3/t7-,8+,9?/m0/s1. The highest BCUT2D eigenvalue weighted by Crippen LogP contribution is 2.35. The minimum Gasteiger partial charge on any atom is -0.393 e. The molecule has 1 fully saturated rings. The molecule has 0 aromatic rings. The van der Waals surface area contributed by atoms with Gasteiger partial charge in [0, 0.05) is 6.61 Å². The van der Waals surface area contributed by atoms with Gasteiger partial charge < -0.3 is 9.84 Å². The Kier molecular flexibility index (Phi) is 3.62. The molecular formula is C9H16F2O2. The molecule has 0 bridgehead atoms. The number of ether oxygens (including phenoxy) is 1. The lowest BCUT2D eigenvalue weighted by Crippen LogP contribution is -2.53. The second kappa shape index (κ2) is 4.33. The summed E-state index contributed by atoms with van der Waals surface area (Å²) >= 11 is 0. The quantitative estimate of drug-likeness (QED) is 0.739. The maximum Gasteiger partial charge on any atom is 0.162 e. The van der Waals surface area contributed by atoms with Crippen molar-refractivity contribution in [3.8, 4) is 0 Å². The van der Waals surface area contributed by atoms with Gasteiger partial charge in [-0.3, -0.25) is 0 Å². The van der Waals surface area contributed by atoms with Crippen molar-refractivity contribution in [2.75, 3.05) is 13.2 Å². The van der Waals surface area contributed by atoms with Crippen LogP contribution in [0.15, 0.2) is 0 Å². The van der Waals surface area contributed by atoms with E-state index in [-0.39, 0.29) is 6.42 Å². The van der Waals surface area contributed by atoms with Gasteiger partial charge in [0.15, 0.2) is 6.17 Å². The summed E-state index contributed by atoms with van der Waals surface area (Å²) in [4.78, 5) is 0. The van der Waals surface area contributed by atoms with E-state index in [1.165, 1.54) is 0 Å². The molecule has 1 saturated carbocycles. The second-order valence-electron chi connectivity index (χ2n) is 3.47. The Morgan fingerprint density at radius 2 is 2.23 bits per heavy atom. The molecule has 0 amide bonds. The van der Waals surface area contributed by atoms with Gasteiger partial charge in [-0.2, -0.15) is 0 Å². The summed E-state index contributed by atoms with van der Waals surface area (Å²) in [6, 6.07) is 0. The third-order valence-electron chi connectivity index (χ3n) is 2.60. The smallest absolute Gasteiger partial charge is 0.162 e. The van der Waals surface area contributed by atoms with Gasteiger partial charge in [-0.1, -0.05) is 0 Å². The van der Waals surface area contributed by atoms with E-state index in [0.29, 0.717) is 19.4 Å². The number of halogens is 2. The molecule has 0 radical (unpaired) electrons. The van der Waals surface area contributed by atoms with Crippen molar-refractivity contribution in [1.82, 2.24) is 0 Å². The Hall–Kier alpha value is -0.220. The van der Waals surface area contributed by atoms with Crippen molar-refractivity contribution in [2.24, 2.45) is 0 Å². The number of hydrogen-bond donors (Lipinski definition) is 1. The molecule has 78 valence electrons. The normalized spacial score (nSPS) is 40.6. The highest BCUT2D eigenvalue weighted by Gasteiger charge is 2.47. The molecule has 0 aromatic carbocycles. The van der Waals surface area contributed by atoms with Crippen LogP contribution in [0.3, 0.4) is 0 Å². The molecule has 1 N–H and O–H groups in total. The van der Waals surface area contributed by atoms with E-state index in [9.17, 15) is 8.78 Å². The average Bonchev–Trinajstić information content (AvgIpc) is 2.13. The Morgan fingerprint density at radius 3 is 2.77 bits per heavy atom. The monoisotopic (exact) mass is 194 g/mol. The third-order valence-corrected chi connectivity index (χ3v) is 2.60. The first-order valence-corrected chi connectivity index (χ1v) is 4.69. The van der Waals surface area contributed by atoms with Gasteiger partial charge in [0.2, 0.25) is 0 Å². The molecule has 3 atom stereocenters. The summed E-state index contributed by atoms with van der Waals surface area (Å²) in [7, 11) is 0. The van der Waals surface area contributed by atoms with Gasteiger partial charge in [0.05, 0.1) is 6.61 Å². The summed E-state index contributed by atoms with van der Waals surface area (Å²) in [5, 5.41) is 9.03. The number of rotatable bonds is 3. The molecule has 2 nitrogen and oxygen atoms in total. The lowest BCUT2D eigenvalue weighted by Gasteiger charge is -2.39. The zero-order valence-corrected chi connectivity index (χ0v) is 7.80. The summed E-state index contributed by atoms with van der Waals surface area (Å²) in [5.41, 5.74) is -1.29. The number of aliphatic hydroxyl groups excluding tert-OH is 1. The molecule has 0 aromatic heterocycles. The lowest BCUT2D eigenvalue weighted by atomic mass is 9.82. The Morgan fingerprint density at radius 1 is 1.54 bits per heavy atom. The molecule has 1 unspecified atom stereocenters. The molecular weight excluding hydrogens is 178 g/mol. The van der Waals surface area contributed by atoms with Crippen LogP contribution in [0, 0.1) is 0 Å². The van der Waals surface area contributed by atoms with Crippen LogP contribution >= 0.6 is 0 Å². The number of hydrogen-bond acceptors (Lipinski definition) is 2. The van der Waals surface area contributed by atoms with Crippen molar-refractivity contribution < 1.29 is 18.6 Å². The van der Waals surface area contributed by atoms with Crippen LogP contribution in [0.1, 0.15) is 26.2 Å². The summed E-state index contributed by atoms with van der Waals surface area (Å²) in [6.07, 6.45) is -1.98. The highest BCUT2D eigenvalue weighted by atomic mass is 19.2. The van der Waals surface area contributed by atoms with Crippen molar-refractivity contribution in [2.45, 2.75) is 44.1 Å². The van der Waals surface area contributed by atoms with Crippen molar-refractivity contribution in [3.05, 3.63) is 0 Å². The van der Waals surface area contributed by atoms with Crippen molar-refractivity contribution >= 4 is 0 Å². The first kappa shape index (κ1) is 10.9. The highest BCUT2D eigenvalue weighted by molar-refractivity contribution is 4.96. The van der Waals surface area contributed by atoms with Gasteiger partial charge in [-0.25, -0.2) is 8.78 Å². The average molecular weight is 194 g/mol. The first-order chi connectivity index (χ1) is 6.16. The Bertz CT molecular complexity index is 162. The predicted molar refractivity (Wildman–Crippen MR) is 45.1 cm³/mol. The van der Waals surface area contributed by atoms with Gasteiger partial charge in [0.25, 0.3) is 0 Å². The zero-order chi connectivity index (χ0) is 9.90. The molecule has 13 heavy (non-hydrogen) atoms. The fourth-order valence-corrected chi connectivity index (χ4v) is 1.86. The number of alkyl halides is 2. The van der Waals surface area contributed by atoms with E-state index < -0.39 is 24.6 Å². The topological polar surface area (TPSA) is 29.5 Å². The Labute approximate surface area is 76.9 Å². The summed E-state index contributed by atoms with van der Waals surface area (Å²) in [5.74, 6) is 0. The molecule has 1 rings (SSSR count). The van der Waals surface area contributed by atoms with Crippen LogP contribution in [-0.4, -0.2) is 36.3 Å². The minimum atomic E-state index is -1.69. The van der Waals surface area contributed by atoms with Crippen LogP contribution in [0.4, 0.5) is 8.78 Å². The number of aliphatic hydroxyl groups is 1. The summed E-state index contributed by atoms with van der Waals surface area (Å²) in [6.45, 7) is 1.57. The first-order valence-electron chi connectivity index (χ1n) is 4.69. The maximum absolute atomic E-state index is 13.4. The van der Waals surface area contributed by atoms with Crippen LogP contribution in [-0.2, 0) is 4.74 Å². The van der Waals surface area contributed by atoms with Gasteiger partial charge >= 0.3 is 0 Å². The van der Waals surface area contributed by atoms with E-state index in [1.54, 1.807) is 6.92 Å². The predicted octanol–water partition coefficient (Wildman–Crippen LogP) is 1.61. The minimum absolute atomic E-state index is 0.232. The second-order valence-corrected chi connectivity index (χ2v) is 3.47. The zero-order valence-electron chi connectivity index (χ0n) is 7.80.